The van der Waals surface area contributed by atoms with Crippen LogP contribution in [-0.2, 0) is 24.2 Å². The molecule has 1 heterocycles. The number of carbonyl (C=O) groups is 1. The van der Waals surface area contributed by atoms with Crippen molar-refractivity contribution in [1.82, 2.24) is 0 Å². The first-order valence-electron chi connectivity index (χ1n) is 11.7. The number of carboxylic acid groups (broad SMARTS) is 1. The number of benzene rings is 3. The summed E-state index contributed by atoms with van der Waals surface area (Å²) in [7, 11) is 0. The fraction of sp³-hybridized carbons (Fsp3) is 0.321. The molecule has 1 aliphatic rings. The second kappa shape index (κ2) is 12.8. The molecular weight excluding hydrogens is 435 g/mol. The summed E-state index contributed by atoms with van der Waals surface area (Å²) in [6.07, 6.45) is 2.71. The number of anilines is 2. The smallest absolute Gasteiger partial charge is 0.550 e. The molecule has 4 rings (SSSR count). The molecule has 34 heavy (non-hydrogen) atoms. The van der Waals surface area contributed by atoms with Gasteiger partial charge in [-0.2, -0.15) is 0 Å². The van der Waals surface area contributed by atoms with Gasteiger partial charge in [-0.15, -0.1) is 0 Å². The Hall–Kier alpha value is -2.47. The van der Waals surface area contributed by atoms with Crippen LogP contribution in [0.5, 0.6) is 5.75 Å². The normalized spacial score (nSPS) is 13.4. The minimum atomic E-state index is -1.01. The fourth-order valence-electron chi connectivity index (χ4n) is 4.35. The van der Waals surface area contributed by atoms with E-state index >= 15 is 0 Å². The first-order valence-corrected chi connectivity index (χ1v) is 11.7. The Labute approximate surface area is 224 Å². The molecule has 1 atom stereocenters. The van der Waals surface area contributed by atoms with Crippen LogP contribution in [0.25, 0.3) is 0 Å². The quantitative estimate of drug-likeness (QED) is 0.453. The molecule has 0 amide bonds. The number of para-hydroxylation sites is 1. The Kier molecular flexibility index (Phi) is 9.87. The molecule has 1 aliphatic heterocycles. The van der Waals surface area contributed by atoms with E-state index in [1.807, 2.05) is 54.6 Å². The number of hydrogen-bond donors (Lipinski definition) is 1. The number of aliphatic carboxylic acids is 1. The van der Waals surface area contributed by atoms with E-state index in [1.54, 1.807) is 6.92 Å². The minimum Gasteiger partial charge on any atom is -0.550 e. The van der Waals surface area contributed by atoms with E-state index in [1.165, 1.54) is 16.8 Å². The van der Waals surface area contributed by atoms with Crippen LogP contribution in [0.3, 0.4) is 0 Å². The molecule has 1 unspecified atom stereocenters. The van der Waals surface area contributed by atoms with Gasteiger partial charge in [-0.1, -0.05) is 49.4 Å². The van der Waals surface area contributed by atoms with Crippen molar-refractivity contribution in [2.24, 2.45) is 5.92 Å². The molecule has 0 saturated heterocycles. The van der Waals surface area contributed by atoms with Crippen LogP contribution in [0.1, 0.15) is 30.0 Å². The van der Waals surface area contributed by atoms with Crippen LogP contribution in [0.2, 0.25) is 0 Å². The minimum absolute atomic E-state index is 0. The summed E-state index contributed by atoms with van der Waals surface area (Å²) in [5.41, 5.74) is 6.07. The van der Waals surface area contributed by atoms with Gasteiger partial charge in [0.1, 0.15) is 12.4 Å². The molecular formula is C28H31N2NaO3. The van der Waals surface area contributed by atoms with Crippen molar-refractivity contribution in [2.75, 3.05) is 29.9 Å². The maximum absolute atomic E-state index is 11.0. The zero-order chi connectivity index (χ0) is 23.0. The number of rotatable bonds is 10. The summed E-state index contributed by atoms with van der Waals surface area (Å²) in [6, 6.07) is 24.5. The zero-order valence-corrected chi connectivity index (χ0v) is 22.1. The van der Waals surface area contributed by atoms with Crippen LogP contribution in [0, 0.1) is 5.92 Å². The first kappa shape index (κ1) is 26.1. The number of carboxylic acids is 1. The van der Waals surface area contributed by atoms with Gasteiger partial charge in [0.15, 0.2) is 0 Å². The second-order valence-electron chi connectivity index (χ2n) is 8.64. The number of carbonyl (C=O) groups excluding carboxylic acids is 1. The van der Waals surface area contributed by atoms with Crippen molar-refractivity contribution in [1.29, 1.82) is 0 Å². The van der Waals surface area contributed by atoms with E-state index in [2.05, 4.69) is 28.4 Å². The Morgan fingerprint density at radius 1 is 1.06 bits per heavy atom. The molecule has 0 bridgehead atoms. The predicted octanol–water partition coefficient (Wildman–Crippen LogP) is 1.06. The van der Waals surface area contributed by atoms with Crippen molar-refractivity contribution in [3.05, 3.63) is 89.5 Å². The fourth-order valence-corrected chi connectivity index (χ4v) is 4.35. The Morgan fingerprint density at radius 3 is 2.56 bits per heavy atom. The van der Waals surface area contributed by atoms with E-state index in [9.17, 15) is 9.90 Å². The Balaban J connectivity index is 0.00000324. The summed E-state index contributed by atoms with van der Waals surface area (Å²) >= 11 is 0. The summed E-state index contributed by atoms with van der Waals surface area (Å²) in [4.78, 5) is 13.4. The number of hydrogen-bond acceptors (Lipinski definition) is 5. The first-order chi connectivity index (χ1) is 16.1. The maximum atomic E-state index is 11.0. The second-order valence-corrected chi connectivity index (χ2v) is 8.64. The van der Waals surface area contributed by atoms with Crippen LogP contribution < -0.4 is 49.6 Å². The number of nitrogens with one attached hydrogen (secondary N) is 1. The van der Waals surface area contributed by atoms with E-state index in [4.69, 9.17) is 4.74 Å². The van der Waals surface area contributed by atoms with Gasteiger partial charge in [0.05, 0.1) is 6.54 Å². The largest absolute Gasteiger partial charge is 1.00 e. The van der Waals surface area contributed by atoms with Gasteiger partial charge >= 0.3 is 29.6 Å². The zero-order valence-electron chi connectivity index (χ0n) is 20.1. The monoisotopic (exact) mass is 466 g/mol. The van der Waals surface area contributed by atoms with Gasteiger partial charge in [-0.25, -0.2) is 0 Å². The Morgan fingerprint density at radius 2 is 1.82 bits per heavy atom. The van der Waals surface area contributed by atoms with Crippen LogP contribution in [-0.4, -0.2) is 25.7 Å². The summed E-state index contributed by atoms with van der Waals surface area (Å²) < 4.78 is 5.92. The van der Waals surface area contributed by atoms with Crippen LogP contribution in [0.4, 0.5) is 11.4 Å². The molecule has 0 saturated carbocycles. The van der Waals surface area contributed by atoms with E-state index in [0.717, 1.165) is 49.5 Å². The van der Waals surface area contributed by atoms with Crippen molar-refractivity contribution >= 4 is 17.3 Å². The topological polar surface area (TPSA) is 64.6 Å². The summed E-state index contributed by atoms with van der Waals surface area (Å²) in [5.74, 6) is -0.583. The number of ether oxygens (including phenoxy) is 1. The maximum Gasteiger partial charge on any atom is 1.00 e. The molecule has 0 aliphatic carbocycles. The van der Waals surface area contributed by atoms with Gasteiger partial charge in [0, 0.05) is 30.4 Å². The van der Waals surface area contributed by atoms with Crippen molar-refractivity contribution in [3.8, 4) is 5.75 Å². The number of fused-ring (bicyclic) bond motifs is 1. The third kappa shape index (κ3) is 7.02. The molecule has 0 aromatic heterocycles. The molecule has 172 valence electrons. The molecule has 0 fully saturated rings. The van der Waals surface area contributed by atoms with Gasteiger partial charge in [0.2, 0.25) is 0 Å². The number of nitrogens with zero attached hydrogens (tertiary/aromatic N) is 1. The SMILES string of the molecule is CC(Cc1ccc(NCc2cccc3c2CCCN3CCOc2ccccc2)cc1)C(=O)[O-].[Na+]. The molecule has 0 spiro atoms. The molecule has 3 aromatic carbocycles. The standard InChI is InChI=1S/C28H32N2O3.Na/c1-21(28(31)32)19-22-12-14-24(15-13-22)29-20-23-7-5-11-27-26(23)10-6-16-30(27)17-18-33-25-8-3-2-4-9-25;/h2-5,7-9,11-15,21,29H,6,10,16-20H2,1H3,(H,31,32);/q;+1/p-1. The average molecular weight is 467 g/mol. The summed E-state index contributed by atoms with van der Waals surface area (Å²) in [5, 5.41) is 14.5. The molecule has 6 heteroatoms. The van der Waals surface area contributed by atoms with E-state index in [-0.39, 0.29) is 29.6 Å². The van der Waals surface area contributed by atoms with E-state index < -0.39 is 11.9 Å². The molecule has 3 aromatic rings. The molecule has 1 N–H and O–H groups in total. The Bertz CT molecular complexity index is 1060. The van der Waals surface area contributed by atoms with Gasteiger partial charge in [-0.05, 0) is 72.2 Å². The molecule has 5 nitrogen and oxygen atoms in total. The van der Waals surface area contributed by atoms with E-state index in [0.29, 0.717) is 13.0 Å². The predicted molar refractivity (Wildman–Crippen MR) is 131 cm³/mol. The van der Waals surface area contributed by atoms with Gasteiger partial charge in [-0.3, -0.25) is 0 Å². The summed E-state index contributed by atoms with van der Waals surface area (Å²) in [6.45, 7) is 5.01. The van der Waals surface area contributed by atoms with Crippen LogP contribution in [0.15, 0.2) is 72.8 Å². The van der Waals surface area contributed by atoms with Gasteiger partial charge < -0.3 is 24.9 Å². The van der Waals surface area contributed by atoms with Crippen molar-refractivity contribution in [2.45, 2.75) is 32.7 Å². The van der Waals surface area contributed by atoms with Crippen molar-refractivity contribution in [3.63, 3.8) is 0 Å². The average Bonchev–Trinajstić information content (AvgIpc) is 2.84. The third-order valence-corrected chi connectivity index (χ3v) is 6.20. The van der Waals surface area contributed by atoms with Crippen LogP contribution >= 0.6 is 0 Å². The van der Waals surface area contributed by atoms with Crippen molar-refractivity contribution < 1.29 is 44.2 Å². The molecule has 0 radical (unpaired) electrons. The van der Waals surface area contributed by atoms with Gasteiger partial charge in [0.25, 0.3) is 0 Å². The third-order valence-electron chi connectivity index (χ3n) is 6.20.